The Labute approximate surface area is 198 Å². The molecule has 1 heterocycles. The Bertz CT molecular complexity index is 950. The smallest absolute Gasteiger partial charge is 0.325 e. The summed E-state index contributed by atoms with van der Waals surface area (Å²) in [7, 11) is -4.26. The Balaban J connectivity index is 1.50. The minimum atomic E-state index is -4.26. The molecule has 2 atom stereocenters. The summed E-state index contributed by atoms with van der Waals surface area (Å²) in [4.78, 5) is 11.3. The zero-order chi connectivity index (χ0) is 24.9. The van der Waals surface area contributed by atoms with Crippen molar-refractivity contribution in [2.45, 2.75) is 87.4 Å². The van der Waals surface area contributed by atoms with Gasteiger partial charge in [-0.2, -0.15) is 4.31 Å². The van der Waals surface area contributed by atoms with Crippen LogP contribution in [-0.2, 0) is 14.8 Å². The van der Waals surface area contributed by atoms with Gasteiger partial charge in [0.05, 0.1) is 6.61 Å². The number of carbonyl (C=O) groups is 1. The van der Waals surface area contributed by atoms with Gasteiger partial charge in [-0.05, 0) is 69.7 Å². The fourth-order valence-corrected chi connectivity index (χ4v) is 6.21. The average molecular weight is 507 g/mol. The van der Waals surface area contributed by atoms with Gasteiger partial charge in [0.1, 0.15) is 16.8 Å². The second-order valence-electron chi connectivity index (χ2n) is 9.15. The minimum absolute atomic E-state index is 0.0726. The van der Waals surface area contributed by atoms with Crippen molar-refractivity contribution in [1.29, 1.82) is 0 Å². The molecular formula is C23H33F3N2O5S. The number of sulfonamides is 1. The van der Waals surface area contributed by atoms with Crippen LogP contribution in [0.4, 0.5) is 13.2 Å². The molecule has 2 aliphatic rings. The summed E-state index contributed by atoms with van der Waals surface area (Å²) in [5, 5.41) is 12.6. The van der Waals surface area contributed by atoms with E-state index in [0.29, 0.717) is 23.6 Å². The lowest BCUT2D eigenvalue weighted by atomic mass is 9.92. The van der Waals surface area contributed by atoms with Crippen LogP contribution in [0.3, 0.4) is 0 Å². The molecule has 1 aromatic carbocycles. The Hall–Kier alpha value is -1.85. The molecular weight excluding hydrogens is 473 g/mol. The van der Waals surface area contributed by atoms with Crippen molar-refractivity contribution in [1.82, 2.24) is 9.62 Å². The lowest BCUT2D eigenvalue weighted by Gasteiger charge is -2.28. The largest absolute Gasteiger partial charge is 0.492 e. The van der Waals surface area contributed by atoms with Crippen molar-refractivity contribution in [3.05, 3.63) is 23.8 Å². The van der Waals surface area contributed by atoms with Crippen molar-refractivity contribution in [2.24, 2.45) is 0 Å². The molecule has 0 spiro atoms. The fourth-order valence-electron chi connectivity index (χ4n) is 4.48. The monoisotopic (exact) mass is 506 g/mol. The third kappa shape index (κ3) is 6.63. The second-order valence-corrected chi connectivity index (χ2v) is 11.0. The highest BCUT2D eigenvalue weighted by Gasteiger charge is 2.47. The molecule has 34 heavy (non-hydrogen) atoms. The van der Waals surface area contributed by atoms with Crippen LogP contribution >= 0.6 is 0 Å². The highest BCUT2D eigenvalue weighted by Crippen LogP contribution is 2.34. The molecule has 0 amide bonds. The van der Waals surface area contributed by atoms with E-state index in [1.807, 2.05) is 0 Å². The van der Waals surface area contributed by atoms with Crippen LogP contribution in [0, 0.1) is 6.92 Å². The van der Waals surface area contributed by atoms with E-state index in [-0.39, 0.29) is 49.1 Å². The standard InChI is InChI=1S/C23H33F3N2O5S/c1-16-5-6-20(34(31,32)28-13-9-18(24)21(28)22(29)30)19(15-16)33-14-4-2-3-12-27-17-7-10-23(25,26)11-8-17/h5-6,15,17-18,21,27H,2-4,7-14H2,1H3,(H,29,30)/t18-,21-/m0/s1. The molecule has 1 aromatic rings. The van der Waals surface area contributed by atoms with Gasteiger partial charge in [-0.1, -0.05) is 6.07 Å². The molecule has 11 heteroatoms. The number of halogens is 3. The SMILES string of the molecule is Cc1ccc(S(=O)(=O)N2CC[C@H](F)[C@H]2C(=O)O)c(OCCCCCNC2CCC(F)(F)CC2)c1. The first-order valence-corrected chi connectivity index (χ1v) is 13.2. The van der Waals surface area contributed by atoms with E-state index in [9.17, 15) is 31.5 Å². The summed E-state index contributed by atoms with van der Waals surface area (Å²) in [6.07, 6.45) is 1.17. The highest BCUT2D eigenvalue weighted by molar-refractivity contribution is 7.89. The number of hydrogen-bond donors (Lipinski definition) is 2. The van der Waals surface area contributed by atoms with Crippen molar-refractivity contribution < 1.29 is 36.2 Å². The normalized spacial score (nSPS) is 23.8. The number of rotatable bonds is 11. The zero-order valence-electron chi connectivity index (χ0n) is 19.3. The molecule has 2 N–H and O–H groups in total. The minimum Gasteiger partial charge on any atom is -0.492 e. The molecule has 0 aromatic heterocycles. The van der Waals surface area contributed by atoms with E-state index in [0.717, 1.165) is 24.9 Å². The summed E-state index contributed by atoms with van der Waals surface area (Å²) >= 11 is 0. The molecule has 0 unspecified atom stereocenters. The summed E-state index contributed by atoms with van der Waals surface area (Å²) in [6.45, 7) is 2.55. The van der Waals surface area contributed by atoms with E-state index in [2.05, 4.69) is 5.32 Å². The van der Waals surface area contributed by atoms with E-state index >= 15 is 0 Å². The van der Waals surface area contributed by atoms with Gasteiger partial charge in [-0.3, -0.25) is 4.79 Å². The van der Waals surface area contributed by atoms with Crippen LogP contribution in [0.25, 0.3) is 0 Å². The first kappa shape index (κ1) is 26.7. The number of carboxylic acids is 1. The van der Waals surface area contributed by atoms with E-state index in [1.54, 1.807) is 19.1 Å². The van der Waals surface area contributed by atoms with E-state index in [1.165, 1.54) is 6.07 Å². The molecule has 2 fully saturated rings. The molecule has 3 rings (SSSR count). The summed E-state index contributed by atoms with van der Waals surface area (Å²) < 4.78 is 73.2. The number of hydrogen-bond acceptors (Lipinski definition) is 5. The number of carboxylic acid groups (broad SMARTS) is 1. The summed E-state index contributed by atoms with van der Waals surface area (Å²) in [6, 6.07) is 2.90. The lowest BCUT2D eigenvalue weighted by Crippen LogP contribution is -2.44. The second kappa shape index (κ2) is 11.3. The van der Waals surface area contributed by atoms with Crippen LogP contribution in [0.1, 0.15) is 56.9 Å². The van der Waals surface area contributed by atoms with Crippen molar-refractivity contribution in [2.75, 3.05) is 19.7 Å². The Morgan fingerprint density at radius 1 is 1.21 bits per heavy atom. The van der Waals surface area contributed by atoms with Gasteiger partial charge in [0.25, 0.3) is 0 Å². The third-order valence-electron chi connectivity index (χ3n) is 6.45. The Morgan fingerprint density at radius 3 is 2.59 bits per heavy atom. The molecule has 1 saturated carbocycles. The molecule has 0 bridgehead atoms. The zero-order valence-corrected chi connectivity index (χ0v) is 20.1. The van der Waals surface area contributed by atoms with Crippen LogP contribution in [0.5, 0.6) is 5.75 Å². The number of alkyl halides is 3. The number of benzene rings is 1. The van der Waals surface area contributed by atoms with Gasteiger partial charge in [-0.25, -0.2) is 21.6 Å². The maximum atomic E-state index is 14.0. The predicted octanol–water partition coefficient (Wildman–Crippen LogP) is 3.90. The summed E-state index contributed by atoms with van der Waals surface area (Å²) in [5.74, 6) is -3.93. The van der Waals surface area contributed by atoms with Gasteiger partial charge < -0.3 is 15.2 Å². The Morgan fingerprint density at radius 2 is 1.91 bits per heavy atom. The first-order valence-electron chi connectivity index (χ1n) is 11.7. The van der Waals surface area contributed by atoms with Crippen molar-refractivity contribution >= 4 is 16.0 Å². The van der Waals surface area contributed by atoms with E-state index < -0.39 is 34.1 Å². The summed E-state index contributed by atoms with van der Waals surface area (Å²) in [5.41, 5.74) is 0.774. The molecule has 1 aliphatic carbocycles. The number of nitrogens with one attached hydrogen (secondary N) is 1. The van der Waals surface area contributed by atoms with Crippen LogP contribution in [0.15, 0.2) is 23.1 Å². The number of unbranched alkanes of at least 4 members (excludes halogenated alkanes) is 2. The molecule has 7 nitrogen and oxygen atoms in total. The maximum absolute atomic E-state index is 14.0. The number of ether oxygens (including phenoxy) is 1. The van der Waals surface area contributed by atoms with Gasteiger partial charge in [0, 0.05) is 25.4 Å². The van der Waals surface area contributed by atoms with Gasteiger partial charge in [0.15, 0.2) is 6.04 Å². The number of aryl methyl sites for hydroxylation is 1. The topological polar surface area (TPSA) is 95.9 Å². The molecule has 1 aliphatic heterocycles. The molecule has 1 saturated heterocycles. The number of aliphatic carboxylic acids is 1. The van der Waals surface area contributed by atoms with Crippen molar-refractivity contribution in [3.63, 3.8) is 0 Å². The van der Waals surface area contributed by atoms with Gasteiger partial charge in [-0.15, -0.1) is 0 Å². The van der Waals surface area contributed by atoms with Gasteiger partial charge >= 0.3 is 5.97 Å². The average Bonchev–Trinajstić information content (AvgIpc) is 3.16. The van der Waals surface area contributed by atoms with Gasteiger partial charge in [0.2, 0.25) is 15.9 Å². The highest BCUT2D eigenvalue weighted by atomic mass is 32.2. The first-order chi connectivity index (χ1) is 16.0. The van der Waals surface area contributed by atoms with Crippen molar-refractivity contribution in [3.8, 4) is 5.75 Å². The third-order valence-corrected chi connectivity index (χ3v) is 8.37. The lowest BCUT2D eigenvalue weighted by molar-refractivity contribution is -0.142. The predicted molar refractivity (Wildman–Crippen MR) is 121 cm³/mol. The van der Waals surface area contributed by atoms with Crippen LogP contribution < -0.4 is 10.1 Å². The van der Waals surface area contributed by atoms with Crippen LogP contribution in [0.2, 0.25) is 0 Å². The molecule has 0 radical (unpaired) electrons. The fraction of sp³-hybridized carbons (Fsp3) is 0.696. The van der Waals surface area contributed by atoms with Crippen LogP contribution in [-0.4, -0.2) is 67.7 Å². The Kier molecular flexibility index (Phi) is 8.86. The maximum Gasteiger partial charge on any atom is 0.325 e. The quantitative estimate of drug-likeness (QED) is 0.442. The number of nitrogens with zero attached hydrogens (tertiary/aromatic N) is 1. The molecule has 192 valence electrons. The van der Waals surface area contributed by atoms with E-state index in [4.69, 9.17) is 4.74 Å².